The van der Waals surface area contributed by atoms with Crippen molar-refractivity contribution in [2.75, 3.05) is 31.6 Å². The number of anilines is 1. The second-order valence-electron chi connectivity index (χ2n) is 3.88. The van der Waals surface area contributed by atoms with Crippen molar-refractivity contribution in [2.24, 2.45) is 10.9 Å². The third kappa shape index (κ3) is 5.21. The predicted molar refractivity (Wildman–Crippen MR) is 70.6 cm³/mol. The van der Waals surface area contributed by atoms with Crippen molar-refractivity contribution in [1.29, 1.82) is 0 Å². The van der Waals surface area contributed by atoms with Gasteiger partial charge in [-0.25, -0.2) is 0 Å². The molecular formula is C12H20N4O. The van der Waals surface area contributed by atoms with Gasteiger partial charge in [0, 0.05) is 19.3 Å². The van der Waals surface area contributed by atoms with E-state index >= 15 is 0 Å². The molecule has 4 N–H and O–H groups in total. The molecule has 0 aliphatic heterocycles. The lowest BCUT2D eigenvalue weighted by molar-refractivity contribution is 0.317. The highest BCUT2D eigenvalue weighted by molar-refractivity contribution is 5.81. The normalized spacial score (nSPS) is 11.5. The molecule has 0 bridgehead atoms. The summed E-state index contributed by atoms with van der Waals surface area (Å²) in [4.78, 5) is 2.20. The summed E-state index contributed by atoms with van der Waals surface area (Å²) in [6, 6.07) is 10.2. The van der Waals surface area contributed by atoms with Crippen LogP contribution in [0.15, 0.2) is 35.5 Å². The smallest absolute Gasteiger partial charge is 0.153 e. The van der Waals surface area contributed by atoms with Gasteiger partial charge in [-0.05, 0) is 25.1 Å². The third-order valence-corrected chi connectivity index (χ3v) is 2.48. The maximum atomic E-state index is 8.34. The zero-order valence-corrected chi connectivity index (χ0v) is 10.1. The van der Waals surface area contributed by atoms with Crippen LogP contribution in [0.2, 0.25) is 0 Å². The molecule has 0 aliphatic rings. The maximum absolute atomic E-state index is 8.34. The number of benzene rings is 1. The average molecular weight is 236 g/mol. The Hall–Kier alpha value is -1.75. The maximum Gasteiger partial charge on any atom is 0.153 e. The number of para-hydroxylation sites is 1. The topological polar surface area (TPSA) is 73.9 Å². The minimum atomic E-state index is 0.210. The van der Waals surface area contributed by atoms with E-state index in [2.05, 4.69) is 34.6 Å². The van der Waals surface area contributed by atoms with E-state index in [0.29, 0.717) is 6.54 Å². The Morgan fingerprint density at radius 2 is 2.12 bits per heavy atom. The summed E-state index contributed by atoms with van der Waals surface area (Å²) < 4.78 is 0. The monoisotopic (exact) mass is 236 g/mol. The SMILES string of the molecule is CN(CCCNCC(N)=NO)c1ccccc1. The number of rotatable bonds is 7. The Labute approximate surface area is 102 Å². The highest BCUT2D eigenvalue weighted by atomic mass is 16.4. The van der Waals surface area contributed by atoms with E-state index in [9.17, 15) is 0 Å². The van der Waals surface area contributed by atoms with Crippen LogP contribution in [0, 0.1) is 0 Å². The van der Waals surface area contributed by atoms with E-state index < -0.39 is 0 Å². The van der Waals surface area contributed by atoms with Gasteiger partial charge in [0.1, 0.15) is 0 Å². The number of hydrogen-bond donors (Lipinski definition) is 3. The number of oxime groups is 1. The molecule has 0 radical (unpaired) electrons. The molecule has 0 unspecified atom stereocenters. The van der Waals surface area contributed by atoms with Gasteiger partial charge in [-0.2, -0.15) is 0 Å². The molecule has 0 saturated heterocycles. The van der Waals surface area contributed by atoms with Crippen LogP contribution < -0.4 is 16.0 Å². The Morgan fingerprint density at radius 3 is 2.76 bits per heavy atom. The molecule has 0 aliphatic carbocycles. The lowest BCUT2D eigenvalue weighted by atomic mass is 10.3. The predicted octanol–water partition coefficient (Wildman–Crippen LogP) is 0.849. The Morgan fingerprint density at radius 1 is 1.41 bits per heavy atom. The quantitative estimate of drug-likeness (QED) is 0.216. The van der Waals surface area contributed by atoms with Crippen molar-refractivity contribution in [3.05, 3.63) is 30.3 Å². The summed E-state index contributed by atoms with van der Waals surface area (Å²) in [5, 5.41) is 14.3. The highest BCUT2D eigenvalue weighted by Gasteiger charge is 1.99. The van der Waals surface area contributed by atoms with Crippen LogP contribution in [-0.2, 0) is 0 Å². The molecule has 94 valence electrons. The minimum Gasteiger partial charge on any atom is -0.409 e. The van der Waals surface area contributed by atoms with Crippen LogP contribution in [0.25, 0.3) is 0 Å². The second-order valence-corrected chi connectivity index (χ2v) is 3.88. The van der Waals surface area contributed by atoms with Gasteiger partial charge in [0.15, 0.2) is 5.84 Å². The van der Waals surface area contributed by atoms with Gasteiger partial charge in [0.05, 0.1) is 6.54 Å². The van der Waals surface area contributed by atoms with Crippen molar-refractivity contribution < 1.29 is 5.21 Å². The summed E-state index contributed by atoms with van der Waals surface area (Å²) in [5.74, 6) is 0.210. The summed E-state index contributed by atoms with van der Waals surface area (Å²) in [7, 11) is 2.07. The van der Waals surface area contributed by atoms with Crippen LogP contribution in [0.5, 0.6) is 0 Å². The molecule has 0 heterocycles. The number of nitrogens with one attached hydrogen (secondary N) is 1. The Bertz CT molecular complexity index is 340. The molecule has 0 aromatic heterocycles. The summed E-state index contributed by atoms with van der Waals surface area (Å²) >= 11 is 0. The first kappa shape index (κ1) is 13.3. The molecule has 0 amide bonds. The zero-order chi connectivity index (χ0) is 12.5. The van der Waals surface area contributed by atoms with Crippen LogP contribution >= 0.6 is 0 Å². The third-order valence-electron chi connectivity index (χ3n) is 2.48. The Balaban J connectivity index is 2.15. The van der Waals surface area contributed by atoms with E-state index in [1.54, 1.807) is 0 Å². The molecule has 5 nitrogen and oxygen atoms in total. The molecule has 1 rings (SSSR count). The van der Waals surface area contributed by atoms with Crippen molar-refractivity contribution >= 4 is 11.5 Å². The fourth-order valence-electron chi connectivity index (χ4n) is 1.50. The van der Waals surface area contributed by atoms with Crippen LogP contribution in [0.1, 0.15) is 6.42 Å². The summed E-state index contributed by atoms with van der Waals surface area (Å²) in [6.45, 7) is 2.23. The minimum absolute atomic E-state index is 0.210. The summed E-state index contributed by atoms with van der Waals surface area (Å²) in [6.07, 6.45) is 1.00. The first-order valence-corrected chi connectivity index (χ1v) is 5.67. The largest absolute Gasteiger partial charge is 0.409 e. The molecule has 0 saturated carbocycles. The van der Waals surface area contributed by atoms with Gasteiger partial charge in [-0.15, -0.1) is 0 Å². The zero-order valence-electron chi connectivity index (χ0n) is 10.1. The fourth-order valence-corrected chi connectivity index (χ4v) is 1.50. The molecule has 1 aromatic rings. The molecule has 1 aromatic carbocycles. The van der Waals surface area contributed by atoms with E-state index in [1.807, 2.05) is 18.2 Å². The van der Waals surface area contributed by atoms with Crippen molar-refractivity contribution in [1.82, 2.24) is 5.32 Å². The first-order valence-electron chi connectivity index (χ1n) is 5.67. The fraction of sp³-hybridized carbons (Fsp3) is 0.417. The van der Waals surface area contributed by atoms with Crippen molar-refractivity contribution in [2.45, 2.75) is 6.42 Å². The molecule has 5 heteroatoms. The number of nitrogens with two attached hydrogens (primary N) is 1. The second kappa shape index (κ2) is 7.51. The number of hydrogen-bond acceptors (Lipinski definition) is 4. The standard InChI is InChI=1S/C12H20N4O/c1-16(11-6-3-2-4-7-11)9-5-8-14-10-12(13)15-17/h2-4,6-7,14,17H,5,8-10H2,1H3,(H2,13,15). The van der Waals surface area contributed by atoms with Crippen molar-refractivity contribution in [3.8, 4) is 0 Å². The Kier molecular flexibility index (Phi) is 5.88. The van der Waals surface area contributed by atoms with E-state index in [1.165, 1.54) is 5.69 Å². The molecular weight excluding hydrogens is 216 g/mol. The number of amidine groups is 1. The van der Waals surface area contributed by atoms with Gasteiger partial charge >= 0.3 is 0 Å². The van der Waals surface area contributed by atoms with E-state index in [4.69, 9.17) is 10.9 Å². The van der Waals surface area contributed by atoms with Crippen molar-refractivity contribution in [3.63, 3.8) is 0 Å². The van der Waals surface area contributed by atoms with Crippen LogP contribution in [0.4, 0.5) is 5.69 Å². The lowest BCUT2D eigenvalue weighted by Gasteiger charge is -2.19. The van der Waals surface area contributed by atoms with Gasteiger partial charge in [0.2, 0.25) is 0 Å². The summed E-state index contributed by atoms with van der Waals surface area (Å²) in [5.41, 5.74) is 6.55. The molecule has 0 spiro atoms. The van der Waals surface area contributed by atoms with Gasteiger partial charge < -0.3 is 21.2 Å². The van der Waals surface area contributed by atoms with Gasteiger partial charge in [-0.3, -0.25) is 0 Å². The molecule has 17 heavy (non-hydrogen) atoms. The molecule has 0 fully saturated rings. The number of nitrogens with zero attached hydrogens (tertiary/aromatic N) is 2. The van der Waals surface area contributed by atoms with E-state index in [-0.39, 0.29) is 5.84 Å². The van der Waals surface area contributed by atoms with Gasteiger partial charge in [-0.1, -0.05) is 23.4 Å². The highest BCUT2D eigenvalue weighted by Crippen LogP contribution is 2.10. The lowest BCUT2D eigenvalue weighted by Crippen LogP contribution is -2.31. The van der Waals surface area contributed by atoms with Gasteiger partial charge in [0.25, 0.3) is 0 Å². The first-order chi connectivity index (χ1) is 8.24. The van der Waals surface area contributed by atoms with Crippen LogP contribution in [-0.4, -0.2) is 37.7 Å². The average Bonchev–Trinajstić information content (AvgIpc) is 2.38. The van der Waals surface area contributed by atoms with Crippen LogP contribution in [0.3, 0.4) is 0 Å². The van der Waals surface area contributed by atoms with E-state index in [0.717, 1.165) is 19.5 Å². The molecule has 0 atom stereocenters.